The fourth-order valence-corrected chi connectivity index (χ4v) is 3.20. The predicted molar refractivity (Wildman–Crippen MR) is 56.9 cm³/mol. The fraction of sp³-hybridized carbons (Fsp3) is 0.286. The first-order valence-corrected chi connectivity index (χ1v) is 5.95. The maximum absolute atomic E-state index is 10.8. The van der Waals surface area contributed by atoms with Gasteiger partial charge in [0, 0.05) is 9.35 Å². The van der Waals surface area contributed by atoms with Crippen LogP contribution in [0.1, 0.15) is 10.9 Å². The topological polar surface area (TPSA) is 38.3 Å². The van der Waals surface area contributed by atoms with E-state index in [9.17, 15) is 4.79 Å². The number of carbonyl (C=O) groups excluding carboxylic acids is 1. The second-order valence-electron chi connectivity index (χ2n) is 2.57. The Morgan fingerprint density at radius 3 is 2.85 bits per heavy atom. The molecule has 1 aliphatic heterocycles. The molecule has 0 bridgehead atoms. The van der Waals surface area contributed by atoms with Crippen LogP contribution in [-0.4, -0.2) is 12.7 Å². The molecule has 3 nitrogen and oxygen atoms in total. The Hall–Kier alpha value is -0.0700. The van der Waals surface area contributed by atoms with Gasteiger partial charge in [-0.05, 0) is 37.9 Å². The Balaban J connectivity index is 2.21. The molecule has 1 fully saturated rings. The van der Waals surface area contributed by atoms with Gasteiger partial charge in [-0.2, -0.15) is 0 Å². The number of amides is 1. The van der Waals surface area contributed by atoms with Crippen molar-refractivity contribution in [2.24, 2.45) is 0 Å². The molecule has 6 heteroatoms. The largest absolute Gasteiger partial charge is 0.447 e. The number of cyclic esters (lactones) is 1. The second-order valence-corrected chi connectivity index (χ2v) is 5.82. The Kier molecular flexibility index (Phi) is 2.62. The van der Waals surface area contributed by atoms with Crippen molar-refractivity contribution in [3.8, 4) is 0 Å². The van der Waals surface area contributed by atoms with Gasteiger partial charge in [0.1, 0.15) is 12.6 Å². The summed E-state index contributed by atoms with van der Waals surface area (Å²) >= 11 is 8.37. The van der Waals surface area contributed by atoms with E-state index >= 15 is 0 Å². The summed E-state index contributed by atoms with van der Waals surface area (Å²) in [5.74, 6) is 0. The highest BCUT2D eigenvalue weighted by Gasteiger charge is 2.25. The minimum absolute atomic E-state index is 0.0000926. The first kappa shape index (κ1) is 9.48. The van der Waals surface area contributed by atoms with E-state index in [0.29, 0.717) is 6.61 Å². The summed E-state index contributed by atoms with van der Waals surface area (Å²) in [5.41, 5.74) is 0. The Morgan fingerprint density at radius 2 is 2.38 bits per heavy atom. The van der Waals surface area contributed by atoms with Crippen molar-refractivity contribution in [3.63, 3.8) is 0 Å². The van der Waals surface area contributed by atoms with Gasteiger partial charge in [0.2, 0.25) is 0 Å². The number of carbonyl (C=O) groups is 1. The van der Waals surface area contributed by atoms with Gasteiger partial charge in [0.05, 0.1) is 3.79 Å². The predicted octanol–water partition coefficient (Wildman–Crippen LogP) is 3.05. The molecule has 0 saturated carbocycles. The third kappa shape index (κ3) is 1.89. The second kappa shape index (κ2) is 3.59. The zero-order valence-corrected chi connectivity index (χ0v) is 10.3. The summed E-state index contributed by atoms with van der Waals surface area (Å²) < 4.78 is 6.83. The van der Waals surface area contributed by atoms with Crippen LogP contribution in [-0.2, 0) is 4.74 Å². The van der Waals surface area contributed by atoms with Crippen molar-refractivity contribution in [2.75, 3.05) is 6.61 Å². The number of halogens is 2. The molecule has 1 aliphatic rings. The lowest BCUT2D eigenvalue weighted by molar-refractivity contribution is 0.177. The summed E-state index contributed by atoms with van der Waals surface area (Å²) in [6, 6.07) is 1.98. The SMILES string of the molecule is O=C1NC(c2cc(Br)c(Br)s2)CO1. The van der Waals surface area contributed by atoms with Gasteiger partial charge in [-0.15, -0.1) is 11.3 Å². The van der Waals surface area contributed by atoms with Gasteiger partial charge in [-0.1, -0.05) is 0 Å². The molecule has 1 atom stereocenters. The van der Waals surface area contributed by atoms with Crippen molar-refractivity contribution in [1.29, 1.82) is 0 Å². The molecule has 1 aromatic rings. The Bertz CT molecular complexity index is 333. The molecular formula is C7H5Br2NO2S. The number of rotatable bonds is 1. The summed E-state index contributed by atoms with van der Waals surface area (Å²) in [7, 11) is 0. The van der Waals surface area contributed by atoms with E-state index in [4.69, 9.17) is 4.74 Å². The molecule has 0 aromatic carbocycles. The van der Waals surface area contributed by atoms with Crippen molar-refractivity contribution < 1.29 is 9.53 Å². The van der Waals surface area contributed by atoms with Crippen molar-refractivity contribution >= 4 is 49.3 Å². The third-order valence-electron chi connectivity index (χ3n) is 1.68. The van der Waals surface area contributed by atoms with Gasteiger partial charge >= 0.3 is 6.09 Å². The van der Waals surface area contributed by atoms with Gasteiger partial charge in [0.25, 0.3) is 0 Å². The lowest BCUT2D eigenvalue weighted by Crippen LogP contribution is -2.17. The van der Waals surface area contributed by atoms with Gasteiger partial charge in [-0.25, -0.2) is 4.79 Å². The molecule has 0 radical (unpaired) electrons. The van der Waals surface area contributed by atoms with Crippen LogP contribution in [0.5, 0.6) is 0 Å². The van der Waals surface area contributed by atoms with Crippen LogP contribution in [0.4, 0.5) is 4.79 Å². The highest BCUT2D eigenvalue weighted by molar-refractivity contribution is 9.13. The van der Waals surface area contributed by atoms with Crippen LogP contribution >= 0.6 is 43.2 Å². The van der Waals surface area contributed by atoms with Crippen molar-refractivity contribution in [2.45, 2.75) is 6.04 Å². The normalized spacial score (nSPS) is 21.4. The quantitative estimate of drug-likeness (QED) is 0.861. The maximum Gasteiger partial charge on any atom is 0.407 e. The molecule has 0 aliphatic carbocycles. The van der Waals surface area contributed by atoms with E-state index in [1.807, 2.05) is 6.07 Å². The molecule has 1 unspecified atom stereocenters. The first-order valence-electron chi connectivity index (χ1n) is 3.55. The minimum atomic E-state index is -0.342. The zero-order valence-electron chi connectivity index (χ0n) is 6.34. The summed E-state index contributed by atoms with van der Waals surface area (Å²) in [5, 5.41) is 2.72. The number of hydrogen-bond acceptors (Lipinski definition) is 3. The number of thiophene rings is 1. The number of hydrogen-bond donors (Lipinski definition) is 1. The van der Waals surface area contributed by atoms with Crippen LogP contribution in [0.15, 0.2) is 14.3 Å². The Labute approximate surface area is 95.7 Å². The molecule has 1 amide bonds. The van der Waals surface area contributed by atoms with Crippen LogP contribution in [0, 0.1) is 0 Å². The average molecular weight is 327 g/mol. The molecule has 0 spiro atoms. The van der Waals surface area contributed by atoms with Crippen LogP contribution in [0.3, 0.4) is 0 Å². The van der Waals surface area contributed by atoms with Gasteiger partial charge in [-0.3, -0.25) is 0 Å². The van der Waals surface area contributed by atoms with Gasteiger partial charge in [0.15, 0.2) is 0 Å². The Morgan fingerprint density at radius 1 is 1.62 bits per heavy atom. The van der Waals surface area contributed by atoms with E-state index in [2.05, 4.69) is 37.2 Å². The number of alkyl carbamates (subject to hydrolysis) is 1. The lowest BCUT2D eigenvalue weighted by atomic mass is 10.3. The molecule has 70 valence electrons. The van der Waals surface area contributed by atoms with E-state index in [1.165, 1.54) is 0 Å². The summed E-state index contributed by atoms with van der Waals surface area (Å²) in [4.78, 5) is 11.9. The van der Waals surface area contributed by atoms with E-state index in [-0.39, 0.29) is 12.1 Å². The highest BCUT2D eigenvalue weighted by atomic mass is 79.9. The molecule has 2 rings (SSSR count). The third-order valence-corrected chi connectivity index (χ3v) is 5.05. The molecule has 2 heterocycles. The number of nitrogens with one attached hydrogen (secondary N) is 1. The smallest absolute Gasteiger partial charge is 0.407 e. The molecule has 1 aromatic heterocycles. The van der Waals surface area contributed by atoms with Crippen molar-refractivity contribution in [3.05, 3.63) is 19.2 Å². The lowest BCUT2D eigenvalue weighted by Gasteiger charge is -2.01. The highest BCUT2D eigenvalue weighted by Crippen LogP contribution is 2.36. The average Bonchev–Trinajstić information content (AvgIpc) is 2.61. The maximum atomic E-state index is 10.8. The van der Waals surface area contributed by atoms with Crippen molar-refractivity contribution in [1.82, 2.24) is 5.32 Å². The molecule has 13 heavy (non-hydrogen) atoms. The van der Waals surface area contributed by atoms with E-state index in [0.717, 1.165) is 13.1 Å². The zero-order chi connectivity index (χ0) is 9.42. The van der Waals surface area contributed by atoms with Gasteiger partial charge < -0.3 is 10.1 Å². The number of ether oxygens (including phenoxy) is 1. The molecular weight excluding hydrogens is 322 g/mol. The van der Waals surface area contributed by atoms with E-state index in [1.54, 1.807) is 11.3 Å². The summed E-state index contributed by atoms with van der Waals surface area (Å²) in [6.07, 6.45) is -0.342. The molecule has 1 N–H and O–H groups in total. The fourth-order valence-electron chi connectivity index (χ4n) is 1.07. The standard InChI is InChI=1S/C7H5Br2NO2S/c8-3-1-5(13-6(3)9)4-2-12-7(11)10-4/h1,4H,2H2,(H,10,11). The van der Waals surface area contributed by atoms with Crippen LogP contribution in [0.25, 0.3) is 0 Å². The van der Waals surface area contributed by atoms with E-state index < -0.39 is 0 Å². The summed E-state index contributed by atoms with van der Waals surface area (Å²) in [6.45, 7) is 0.415. The van der Waals surface area contributed by atoms with Crippen LogP contribution in [0.2, 0.25) is 0 Å². The minimum Gasteiger partial charge on any atom is -0.447 e. The monoisotopic (exact) mass is 325 g/mol. The van der Waals surface area contributed by atoms with Crippen LogP contribution < -0.4 is 5.32 Å². The first-order chi connectivity index (χ1) is 6.16. The molecule has 1 saturated heterocycles.